The van der Waals surface area contributed by atoms with Crippen LogP contribution in [-0.2, 0) is 4.74 Å². The first-order valence-corrected chi connectivity index (χ1v) is 9.11. The Bertz CT molecular complexity index is 849. The third kappa shape index (κ3) is 2.95. The fraction of sp³-hybridized carbons (Fsp3) is 0.526. The van der Waals surface area contributed by atoms with Gasteiger partial charge in [0.05, 0.1) is 17.5 Å². The number of hydrogen-bond donors (Lipinski definition) is 1. The molecule has 2 atom stereocenters. The highest BCUT2D eigenvalue weighted by Gasteiger charge is 2.35. The Hall–Kier alpha value is -2.21. The van der Waals surface area contributed by atoms with Gasteiger partial charge < -0.3 is 10.1 Å². The lowest BCUT2D eigenvalue weighted by molar-refractivity contribution is 0.0495. The zero-order valence-corrected chi connectivity index (χ0v) is 14.4. The van der Waals surface area contributed by atoms with Crippen LogP contribution in [0, 0.1) is 0 Å². The van der Waals surface area contributed by atoms with Crippen molar-refractivity contribution in [2.75, 3.05) is 6.61 Å². The second-order valence-corrected chi connectivity index (χ2v) is 6.96. The zero-order valence-electron chi connectivity index (χ0n) is 14.4. The van der Waals surface area contributed by atoms with E-state index in [9.17, 15) is 9.59 Å². The summed E-state index contributed by atoms with van der Waals surface area (Å²) in [5.41, 5.74) is 0.402. The third-order valence-corrected chi connectivity index (χ3v) is 5.32. The van der Waals surface area contributed by atoms with Crippen LogP contribution in [0.25, 0.3) is 10.9 Å². The maximum Gasteiger partial charge on any atom is 0.374 e. The van der Waals surface area contributed by atoms with Gasteiger partial charge in [0.1, 0.15) is 0 Å². The fourth-order valence-electron chi connectivity index (χ4n) is 4.27. The predicted octanol–water partition coefficient (Wildman–Crippen LogP) is 2.42. The number of piperidine rings is 2. The minimum Gasteiger partial charge on any atom is -0.460 e. The summed E-state index contributed by atoms with van der Waals surface area (Å²) in [6, 6.07) is 8.00. The Kier molecular flexibility index (Phi) is 4.29. The van der Waals surface area contributed by atoms with Crippen LogP contribution in [0.15, 0.2) is 29.1 Å². The molecule has 2 fully saturated rings. The predicted molar refractivity (Wildman–Crippen MR) is 94.8 cm³/mol. The molecule has 25 heavy (non-hydrogen) atoms. The van der Waals surface area contributed by atoms with Crippen LogP contribution in [0.2, 0.25) is 0 Å². The SMILES string of the molecule is CCOC(=O)c1nc2ccccc2c(=O)n1C1CC2CCCC(C1)N2. The Morgan fingerprint density at radius 2 is 2.00 bits per heavy atom. The van der Waals surface area contributed by atoms with Crippen LogP contribution in [0.5, 0.6) is 0 Å². The second-order valence-electron chi connectivity index (χ2n) is 6.96. The van der Waals surface area contributed by atoms with E-state index in [0.29, 0.717) is 23.0 Å². The smallest absolute Gasteiger partial charge is 0.374 e. The van der Waals surface area contributed by atoms with Gasteiger partial charge in [0.2, 0.25) is 5.82 Å². The highest BCUT2D eigenvalue weighted by Crippen LogP contribution is 2.33. The van der Waals surface area contributed by atoms with E-state index in [4.69, 9.17) is 4.74 Å². The molecule has 3 heterocycles. The summed E-state index contributed by atoms with van der Waals surface area (Å²) in [4.78, 5) is 30.2. The van der Waals surface area contributed by atoms with Crippen LogP contribution < -0.4 is 10.9 Å². The molecule has 132 valence electrons. The Morgan fingerprint density at radius 3 is 2.72 bits per heavy atom. The first-order valence-electron chi connectivity index (χ1n) is 9.11. The van der Waals surface area contributed by atoms with Gasteiger partial charge in [-0.2, -0.15) is 0 Å². The van der Waals surface area contributed by atoms with Crippen LogP contribution in [0.3, 0.4) is 0 Å². The van der Waals surface area contributed by atoms with Crippen molar-refractivity contribution in [2.45, 2.75) is 57.2 Å². The number of benzene rings is 1. The molecule has 1 aromatic carbocycles. The Balaban J connectivity index is 1.85. The normalized spacial score (nSPS) is 25.7. The minimum absolute atomic E-state index is 0.0134. The minimum atomic E-state index is -0.519. The van der Waals surface area contributed by atoms with Crippen molar-refractivity contribution in [2.24, 2.45) is 0 Å². The van der Waals surface area contributed by atoms with Gasteiger partial charge in [-0.05, 0) is 44.7 Å². The van der Waals surface area contributed by atoms with E-state index >= 15 is 0 Å². The number of fused-ring (bicyclic) bond motifs is 3. The van der Waals surface area contributed by atoms with Crippen LogP contribution in [0.4, 0.5) is 0 Å². The highest BCUT2D eigenvalue weighted by atomic mass is 16.5. The molecule has 0 radical (unpaired) electrons. The summed E-state index contributed by atoms with van der Waals surface area (Å²) in [7, 11) is 0. The van der Waals surface area contributed by atoms with E-state index in [1.165, 1.54) is 6.42 Å². The van der Waals surface area contributed by atoms with Gasteiger partial charge in [0, 0.05) is 18.1 Å². The van der Waals surface area contributed by atoms with Crippen molar-refractivity contribution in [3.05, 3.63) is 40.4 Å². The molecule has 0 amide bonds. The Labute approximate surface area is 146 Å². The number of nitrogens with one attached hydrogen (secondary N) is 1. The van der Waals surface area contributed by atoms with Crippen molar-refractivity contribution in [3.63, 3.8) is 0 Å². The standard InChI is InChI=1S/C19H23N3O3/c1-2-25-19(24)17-21-16-9-4-3-8-15(16)18(23)22(17)14-10-12-6-5-7-13(11-14)20-12/h3-4,8-9,12-14,20H,2,5-7,10-11H2,1H3. The number of ether oxygens (including phenoxy) is 1. The van der Waals surface area contributed by atoms with Crippen molar-refractivity contribution in [3.8, 4) is 0 Å². The first kappa shape index (κ1) is 16.3. The molecule has 6 heteroatoms. The molecule has 2 aliphatic rings. The lowest BCUT2D eigenvalue weighted by Crippen LogP contribution is -2.50. The van der Waals surface area contributed by atoms with E-state index < -0.39 is 5.97 Å². The average molecular weight is 341 g/mol. The fourth-order valence-corrected chi connectivity index (χ4v) is 4.27. The van der Waals surface area contributed by atoms with Crippen molar-refractivity contribution >= 4 is 16.9 Å². The van der Waals surface area contributed by atoms with E-state index in [1.54, 1.807) is 23.6 Å². The lowest BCUT2D eigenvalue weighted by Gasteiger charge is -2.41. The van der Waals surface area contributed by atoms with Crippen LogP contribution in [0.1, 0.15) is 55.7 Å². The molecule has 6 nitrogen and oxygen atoms in total. The average Bonchev–Trinajstić information content (AvgIpc) is 2.61. The molecule has 2 bridgehead atoms. The van der Waals surface area contributed by atoms with Crippen LogP contribution >= 0.6 is 0 Å². The number of nitrogens with zero attached hydrogens (tertiary/aromatic N) is 2. The molecule has 1 aromatic heterocycles. The van der Waals surface area contributed by atoms with Gasteiger partial charge in [-0.25, -0.2) is 9.78 Å². The van der Waals surface area contributed by atoms with E-state index in [2.05, 4.69) is 10.3 Å². The molecule has 4 rings (SSSR count). The van der Waals surface area contributed by atoms with Gasteiger partial charge >= 0.3 is 5.97 Å². The summed E-state index contributed by atoms with van der Waals surface area (Å²) < 4.78 is 6.78. The maximum absolute atomic E-state index is 13.2. The van der Waals surface area contributed by atoms with Gasteiger partial charge in [-0.1, -0.05) is 18.6 Å². The quantitative estimate of drug-likeness (QED) is 0.868. The largest absolute Gasteiger partial charge is 0.460 e. The molecular formula is C19H23N3O3. The Morgan fingerprint density at radius 1 is 1.28 bits per heavy atom. The van der Waals surface area contributed by atoms with E-state index in [-0.39, 0.29) is 24.0 Å². The van der Waals surface area contributed by atoms with E-state index in [1.807, 2.05) is 12.1 Å². The number of aromatic nitrogens is 2. The van der Waals surface area contributed by atoms with Crippen LogP contribution in [-0.4, -0.2) is 34.2 Å². The van der Waals surface area contributed by atoms with Crippen molar-refractivity contribution < 1.29 is 9.53 Å². The van der Waals surface area contributed by atoms with E-state index in [0.717, 1.165) is 25.7 Å². The molecule has 2 aliphatic heterocycles. The molecule has 0 saturated carbocycles. The number of para-hydroxylation sites is 1. The van der Waals surface area contributed by atoms with Gasteiger partial charge in [-0.15, -0.1) is 0 Å². The van der Waals surface area contributed by atoms with Crippen molar-refractivity contribution in [1.29, 1.82) is 0 Å². The summed E-state index contributed by atoms with van der Waals surface area (Å²) in [5.74, 6) is -0.385. The lowest BCUT2D eigenvalue weighted by atomic mass is 9.84. The molecule has 1 N–H and O–H groups in total. The number of hydrogen-bond acceptors (Lipinski definition) is 5. The molecule has 2 unspecified atom stereocenters. The number of esters is 1. The highest BCUT2D eigenvalue weighted by molar-refractivity contribution is 5.89. The number of rotatable bonds is 3. The van der Waals surface area contributed by atoms with Gasteiger partial charge in [0.15, 0.2) is 0 Å². The zero-order chi connectivity index (χ0) is 17.4. The summed E-state index contributed by atoms with van der Waals surface area (Å²) >= 11 is 0. The van der Waals surface area contributed by atoms with Gasteiger partial charge in [0.25, 0.3) is 5.56 Å². The first-order chi connectivity index (χ1) is 12.2. The molecule has 0 aliphatic carbocycles. The van der Waals surface area contributed by atoms with Crippen molar-refractivity contribution in [1.82, 2.24) is 14.9 Å². The molecule has 2 aromatic rings. The third-order valence-electron chi connectivity index (χ3n) is 5.32. The number of carbonyl (C=O) groups excluding carboxylic acids is 1. The molecule has 0 spiro atoms. The molecular weight excluding hydrogens is 318 g/mol. The van der Waals surface area contributed by atoms with Gasteiger partial charge in [-0.3, -0.25) is 9.36 Å². The topological polar surface area (TPSA) is 73.2 Å². The summed E-state index contributed by atoms with van der Waals surface area (Å²) in [6.45, 7) is 2.02. The maximum atomic E-state index is 13.2. The monoisotopic (exact) mass is 341 g/mol. The summed E-state index contributed by atoms with van der Waals surface area (Å²) in [6.07, 6.45) is 5.17. The number of carbonyl (C=O) groups is 1. The summed E-state index contributed by atoms with van der Waals surface area (Å²) in [5, 5.41) is 4.19. The molecule has 2 saturated heterocycles. The second kappa shape index (κ2) is 6.59.